The minimum absolute atomic E-state index is 0.112. The van der Waals surface area contributed by atoms with Crippen molar-refractivity contribution in [1.82, 2.24) is 14.5 Å². The van der Waals surface area contributed by atoms with Crippen LogP contribution in [0.5, 0.6) is 0 Å². The molecular formula is C13H18N4O. The van der Waals surface area contributed by atoms with Crippen LogP contribution >= 0.6 is 0 Å². The van der Waals surface area contributed by atoms with Crippen molar-refractivity contribution in [1.29, 1.82) is 0 Å². The van der Waals surface area contributed by atoms with Gasteiger partial charge in [-0.05, 0) is 12.1 Å². The highest BCUT2D eigenvalue weighted by molar-refractivity contribution is 5.79. The van der Waals surface area contributed by atoms with E-state index in [0.29, 0.717) is 13.0 Å². The molecule has 1 aromatic heterocycles. The first-order valence-electron chi connectivity index (χ1n) is 5.95. The fourth-order valence-corrected chi connectivity index (χ4v) is 1.81. The van der Waals surface area contributed by atoms with Gasteiger partial charge in [-0.25, -0.2) is 4.98 Å². The number of rotatable bonds is 4. The third-order valence-corrected chi connectivity index (χ3v) is 2.91. The van der Waals surface area contributed by atoms with Crippen molar-refractivity contribution >= 4 is 22.9 Å². The second-order valence-corrected chi connectivity index (χ2v) is 4.45. The number of hydrogen-bond donors (Lipinski definition) is 1. The Morgan fingerprint density at radius 3 is 2.78 bits per heavy atom. The Bertz CT molecular complexity index is 559. The Balaban J connectivity index is 2.04. The fraction of sp³-hybridized carbons (Fsp3) is 0.385. The van der Waals surface area contributed by atoms with E-state index < -0.39 is 0 Å². The maximum atomic E-state index is 11.4. The summed E-state index contributed by atoms with van der Waals surface area (Å²) < 4.78 is 2.00. The molecule has 1 aromatic carbocycles. The molecule has 0 radical (unpaired) electrons. The summed E-state index contributed by atoms with van der Waals surface area (Å²) in [6.07, 6.45) is 0.468. The largest absolute Gasteiger partial charge is 0.355 e. The molecule has 2 aromatic rings. The van der Waals surface area contributed by atoms with Gasteiger partial charge in [0.15, 0.2) is 0 Å². The lowest BCUT2D eigenvalue weighted by molar-refractivity contribution is -0.128. The number of amides is 1. The molecule has 2 rings (SSSR count). The summed E-state index contributed by atoms with van der Waals surface area (Å²) in [4.78, 5) is 17.5. The molecule has 0 saturated carbocycles. The lowest BCUT2D eigenvalue weighted by Crippen LogP contribution is -2.24. The predicted molar refractivity (Wildman–Crippen MR) is 72.5 cm³/mol. The van der Waals surface area contributed by atoms with E-state index in [4.69, 9.17) is 0 Å². The summed E-state index contributed by atoms with van der Waals surface area (Å²) in [6, 6.07) is 7.96. The van der Waals surface area contributed by atoms with E-state index in [1.54, 1.807) is 19.0 Å². The van der Waals surface area contributed by atoms with Crippen molar-refractivity contribution < 1.29 is 4.79 Å². The highest BCUT2D eigenvalue weighted by Gasteiger charge is 2.07. The van der Waals surface area contributed by atoms with E-state index in [0.717, 1.165) is 17.0 Å². The summed E-state index contributed by atoms with van der Waals surface area (Å²) in [7, 11) is 5.49. The second kappa shape index (κ2) is 5.08. The minimum atomic E-state index is 0.112. The van der Waals surface area contributed by atoms with Crippen molar-refractivity contribution in [3.8, 4) is 0 Å². The van der Waals surface area contributed by atoms with E-state index in [2.05, 4.69) is 10.3 Å². The Morgan fingerprint density at radius 1 is 1.39 bits per heavy atom. The van der Waals surface area contributed by atoms with Crippen LogP contribution in [0.1, 0.15) is 6.42 Å². The topological polar surface area (TPSA) is 50.2 Å². The summed E-state index contributed by atoms with van der Waals surface area (Å²) in [5, 5.41) is 3.19. The van der Waals surface area contributed by atoms with Crippen molar-refractivity contribution in [2.75, 3.05) is 26.0 Å². The van der Waals surface area contributed by atoms with Gasteiger partial charge in [0.2, 0.25) is 11.9 Å². The maximum Gasteiger partial charge on any atom is 0.223 e. The van der Waals surface area contributed by atoms with Crippen molar-refractivity contribution in [3.05, 3.63) is 24.3 Å². The number of para-hydroxylation sites is 2. The minimum Gasteiger partial charge on any atom is -0.355 e. The highest BCUT2D eigenvalue weighted by Crippen LogP contribution is 2.17. The van der Waals surface area contributed by atoms with Crippen LogP contribution in [0.15, 0.2) is 24.3 Å². The maximum absolute atomic E-state index is 11.4. The molecule has 0 aliphatic rings. The Morgan fingerprint density at radius 2 is 2.11 bits per heavy atom. The van der Waals surface area contributed by atoms with Crippen molar-refractivity contribution in [3.63, 3.8) is 0 Å². The molecule has 96 valence electrons. The van der Waals surface area contributed by atoms with Crippen LogP contribution in [-0.2, 0) is 11.8 Å². The number of aromatic nitrogens is 2. The van der Waals surface area contributed by atoms with Gasteiger partial charge in [-0.15, -0.1) is 0 Å². The molecule has 1 amide bonds. The summed E-state index contributed by atoms with van der Waals surface area (Å²) in [5.41, 5.74) is 2.04. The predicted octanol–water partition coefficient (Wildman–Crippen LogP) is 1.46. The zero-order chi connectivity index (χ0) is 13.1. The van der Waals surface area contributed by atoms with E-state index in [1.807, 2.05) is 35.9 Å². The SMILES string of the molecule is CN(C)C(=O)CCNc1nc2ccccc2n1C. The standard InChI is InChI=1S/C13H18N4O/c1-16(2)12(18)8-9-14-13-15-10-6-4-5-7-11(10)17(13)3/h4-7H,8-9H2,1-3H3,(H,14,15). The molecule has 0 aliphatic carbocycles. The number of fused-ring (bicyclic) bond motifs is 1. The van der Waals surface area contributed by atoms with Gasteiger partial charge >= 0.3 is 0 Å². The molecule has 0 unspecified atom stereocenters. The van der Waals surface area contributed by atoms with Gasteiger partial charge in [-0.3, -0.25) is 4.79 Å². The molecule has 0 saturated heterocycles. The van der Waals surface area contributed by atoms with Crippen molar-refractivity contribution in [2.24, 2.45) is 7.05 Å². The smallest absolute Gasteiger partial charge is 0.223 e. The first kappa shape index (κ1) is 12.4. The van der Waals surface area contributed by atoms with E-state index in [-0.39, 0.29) is 5.91 Å². The monoisotopic (exact) mass is 246 g/mol. The lowest BCUT2D eigenvalue weighted by Gasteiger charge is -2.10. The molecule has 0 aliphatic heterocycles. The second-order valence-electron chi connectivity index (χ2n) is 4.45. The summed E-state index contributed by atoms with van der Waals surface area (Å²) in [6.45, 7) is 0.591. The average molecular weight is 246 g/mol. The van der Waals surface area contributed by atoms with E-state index in [9.17, 15) is 4.79 Å². The molecule has 1 N–H and O–H groups in total. The zero-order valence-corrected chi connectivity index (χ0v) is 11.0. The molecule has 0 spiro atoms. The zero-order valence-electron chi connectivity index (χ0n) is 11.0. The van der Waals surface area contributed by atoms with Gasteiger partial charge < -0.3 is 14.8 Å². The summed E-state index contributed by atoms with van der Waals surface area (Å²) in [5.74, 6) is 0.907. The van der Waals surface area contributed by atoms with E-state index in [1.165, 1.54) is 0 Å². The first-order chi connectivity index (χ1) is 8.59. The number of carbonyl (C=O) groups excluding carboxylic acids is 1. The molecule has 1 heterocycles. The number of hydrogen-bond acceptors (Lipinski definition) is 3. The van der Waals surface area contributed by atoms with Crippen LogP contribution in [0, 0.1) is 0 Å². The Kier molecular flexibility index (Phi) is 3.50. The number of anilines is 1. The van der Waals surface area contributed by atoms with Gasteiger partial charge in [-0.1, -0.05) is 12.1 Å². The Labute approximate surface area is 106 Å². The number of nitrogens with one attached hydrogen (secondary N) is 1. The quantitative estimate of drug-likeness (QED) is 0.888. The van der Waals surface area contributed by atoms with Crippen LogP contribution < -0.4 is 5.32 Å². The molecule has 5 nitrogen and oxygen atoms in total. The Hall–Kier alpha value is -2.04. The number of imidazole rings is 1. The number of nitrogens with zero attached hydrogens (tertiary/aromatic N) is 3. The number of benzene rings is 1. The third kappa shape index (κ3) is 2.45. The van der Waals surface area contributed by atoms with Crippen LogP contribution in [-0.4, -0.2) is 41.0 Å². The lowest BCUT2D eigenvalue weighted by atomic mass is 10.3. The molecule has 18 heavy (non-hydrogen) atoms. The first-order valence-corrected chi connectivity index (χ1v) is 5.95. The van der Waals surface area contributed by atoms with Gasteiger partial charge in [0.25, 0.3) is 0 Å². The van der Waals surface area contributed by atoms with Crippen molar-refractivity contribution in [2.45, 2.75) is 6.42 Å². The van der Waals surface area contributed by atoms with Crippen LogP contribution in [0.25, 0.3) is 11.0 Å². The molecule has 0 atom stereocenters. The molecular weight excluding hydrogens is 228 g/mol. The fourth-order valence-electron chi connectivity index (χ4n) is 1.81. The van der Waals surface area contributed by atoms with Gasteiger partial charge in [-0.2, -0.15) is 0 Å². The number of aryl methyl sites for hydroxylation is 1. The average Bonchev–Trinajstić information content (AvgIpc) is 2.67. The van der Waals surface area contributed by atoms with Gasteiger partial charge in [0, 0.05) is 34.1 Å². The van der Waals surface area contributed by atoms with Gasteiger partial charge in [0.05, 0.1) is 11.0 Å². The van der Waals surface area contributed by atoms with Gasteiger partial charge in [0.1, 0.15) is 0 Å². The number of carbonyl (C=O) groups is 1. The summed E-state index contributed by atoms with van der Waals surface area (Å²) >= 11 is 0. The molecule has 0 fully saturated rings. The van der Waals surface area contributed by atoms with E-state index >= 15 is 0 Å². The van der Waals surface area contributed by atoms with Crippen LogP contribution in [0.4, 0.5) is 5.95 Å². The molecule has 0 bridgehead atoms. The highest BCUT2D eigenvalue weighted by atomic mass is 16.2. The molecule has 5 heteroatoms. The van der Waals surface area contributed by atoms with Crippen LogP contribution in [0.2, 0.25) is 0 Å². The van der Waals surface area contributed by atoms with Crippen LogP contribution in [0.3, 0.4) is 0 Å². The normalized spacial score (nSPS) is 10.6. The third-order valence-electron chi connectivity index (χ3n) is 2.91.